The summed E-state index contributed by atoms with van der Waals surface area (Å²) in [5, 5.41) is 5.68. The Bertz CT molecular complexity index is 3900. The molecule has 0 radical (unpaired) electrons. The molecule has 4 aromatic heterocycles. The van der Waals surface area contributed by atoms with E-state index in [-0.39, 0.29) is 5.41 Å². The van der Waals surface area contributed by atoms with Gasteiger partial charge >= 0.3 is 0 Å². The van der Waals surface area contributed by atoms with Crippen LogP contribution in [0.15, 0.2) is 200 Å². The van der Waals surface area contributed by atoms with Gasteiger partial charge in [0, 0.05) is 38.5 Å². The Kier molecular flexibility index (Phi) is 8.58. The zero-order valence-electron chi connectivity index (χ0n) is 36.7. The normalized spacial score (nSPS) is 12.2. The van der Waals surface area contributed by atoms with Gasteiger partial charge in [0.1, 0.15) is 17.3 Å². The standard InChI is InChI=1S/C60H42N4OS/c1-60(2,3)39-31-32-61-57(33-39)64-52-25-12-11-21-47(52)48-29-27-41(35-54(48)64)65-40-28-30-56-51(34-40)55(36-66-56)62-37-63-58-42(38-15-5-4-6-16-38)22-13-23-49(58)45-19-9-7-17-43(45)44-18-8-10-20-46(44)50-24-14-26-53(62)59(50)63/h4-36H,1-3H3. The van der Waals surface area contributed by atoms with E-state index in [1.807, 2.05) is 6.20 Å². The van der Waals surface area contributed by atoms with Gasteiger partial charge in [0.15, 0.2) is 0 Å². The van der Waals surface area contributed by atoms with E-state index in [1.165, 1.54) is 37.9 Å². The summed E-state index contributed by atoms with van der Waals surface area (Å²) in [6.07, 6.45) is 5.90. The van der Waals surface area contributed by atoms with E-state index >= 15 is 0 Å². The van der Waals surface area contributed by atoms with Crippen LogP contribution < -0.4 is 9.30 Å². The number of ether oxygens (including phenoxy) is 1. The average Bonchev–Trinajstić information content (AvgIpc) is 4.05. The van der Waals surface area contributed by atoms with Crippen molar-refractivity contribution in [2.45, 2.75) is 26.2 Å². The van der Waals surface area contributed by atoms with Crippen molar-refractivity contribution in [2.24, 2.45) is 0 Å². The molecule has 5 heterocycles. The first-order chi connectivity index (χ1) is 32.4. The highest BCUT2D eigenvalue weighted by Crippen LogP contribution is 2.46. The number of aromatic nitrogens is 4. The second-order valence-electron chi connectivity index (χ2n) is 18.2. The fourth-order valence-corrected chi connectivity index (χ4v) is 11.0. The Balaban J connectivity index is 0.992. The largest absolute Gasteiger partial charge is 0.457 e. The van der Waals surface area contributed by atoms with Gasteiger partial charge in [0.05, 0.1) is 33.4 Å². The van der Waals surface area contributed by atoms with E-state index in [4.69, 9.17) is 9.72 Å². The molecule has 13 rings (SSSR count). The summed E-state index contributed by atoms with van der Waals surface area (Å²) >= 11 is 1.74. The maximum absolute atomic E-state index is 6.84. The van der Waals surface area contributed by atoms with Crippen molar-refractivity contribution in [2.75, 3.05) is 0 Å². The SMILES string of the molecule is CC(C)(C)c1ccnc(-n2c3ccccc3c3ccc(Oc4ccc5scc(-n6[c-][n+]7c8c(cccc86)-c6ccccc6-c6ccccc6-c6cccc(-c8ccccc8)c6-7)c5c4)cc32)c1. The number of imidazole rings is 1. The average molecular weight is 867 g/mol. The highest BCUT2D eigenvalue weighted by molar-refractivity contribution is 7.17. The molecule has 0 unspecified atom stereocenters. The molecule has 0 N–H and O–H groups in total. The molecule has 8 aromatic carbocycles. The molecule has 12 aromatic rings. The molecule has 6 heteroatoms. The molecule has 0 fully saturated rings. The van der Waals surface area contributed by atoms with Gasteiger partial charge in [-0.3, -0.25) is 13.7 Å². The highest BCUT2D eigenvalue weighted by atomic mass is 32.1. The summed E-state index contributed by atoms with van der Waals surface area (Å²) in [4.78, 5) is 4.90. The van der Waals surface area contributed by atoms with E-state index in [0.717, 1.165) is 83.8 Å². The van der Waals surface area contributed by atoms with Gasteiger partial charge in [-0.1, -0.05) is 154 Å². The monoisotopic (exact) mass is 866 g/mol. The van der Waals surface area contributed by atoms with Crippen molar-refractivity contribution in [3.8, 4) is 73.2 Å². The summed E-state index contributed by atoms with van der Waals surface area (Å²) in [5.41, 5.74) is 17.1. The van der Waals surface area contributed by atoms with E-state index in [1.54, 1.807) is 11.3 Å². The fraction of sp³-hybridized carbons (Fsp3) is 0.0667. The molecular formula is C60H42N4OS. The van der Waals surface area contributed by atoms with Crippen molar-refractivity contribution >= 4 is 54.3 Å². The Morgan fingerprint density at radius 3 is 1.95 bits per heavy atom. The van der Waals surface area contributed by atoms with Crippen LogP contribution in [0.3, 0.4) is 0 Å². The van der Waals surface area contributed by atoms with Crippen molar-refractivity contribution < 1.29 is 9.30 Å². The number of rotatable bonds is 5. The van der Waals surface area contributed by atoms with Crippen molar-refractivity contribution in [1.82, 2.24) is 14.1 Å². The lowest BCUT2D eigenvalue weighted by atomic mass is 9.88. The lowest BCUT2D eigenvalue weighted by Crippen LogP contribution is -2.32. The first kappa shape index (κ1) is 38.4. The zero-order valence-corrected chi connectivity index (χ0v) is 37.5. The quantitative estimate of drug-likeness (QED) is 0.128. The van der Waals surface area contributed by atoms with Crippen LogP contribution in [0.1, 0.15) is 26.3 Å². The molecule has 0 atom stereocenters. The third-order valence-corrected chi connectivity index (χ3v) is 14.2. The number of pyridine rings is 1. The summed E-state index contributed by atoms with van der Waals surface area (Å²) in [6.45, 7) is 6.72. The predicted octanol–water partition coefficient (Wildman–Crippen LogP) is 15.5. The maximum Gasteiger partial charge on any atom is 0.269 e. The van der Waals surface area contributed by atoms with Crippen molar-refractivity contribution in [3.63, 3.8) is 0 Å². The molecule has 1 aliphatic rings. The van der Waals surface area contributed by atoms with E-state index < -0.39 is 0 Å². The van der Waals surface area contributed by atoms with Crippen LogP contribution in [0.2, 0.25) is 0 Å². The molecular weight excluding hydrogens is 825 g/mol. The second-order valence-corrected chi connectivity index (χ2v) is 19.1. The third-order valence-electron chi connectivity index (χ3n) is 13.2. The first-order valence-corrected chi connectivity index (χ1v) is 23.3. The van der Waals surface area contributed by atoms with Crippen LogP contribution in [0, 0.1) is 6.33 Å². The van der Waals surface area contributed by atoms with Crippen LogP contribution in [0.4, 0.5) is 0 Å². The van der Waals surface area contributed by atoms with Gasteiger partial charge in [-0.2, -0.15) is 0 Å². The smallest absolute Gasteiger partial charge is 0.269 e. The molecule has 0 amide bonds. The lowest BCUT2D eigenvalue weighted by molar-refractivity contribution is -0.570. The Labute approximate surface area is 386 Å². The Morgan fingerprint density at radius 2 is 1.15 bits per heavy atom. The third kappa shape index (κ3) is 5.99. The molecule has 314 valence electrons. The van der Waals surface area contributed by atoms with Crippen LogP contribution >= 0.6 is 11.3 Å². The van der Waals surface area contributed by atoms with Crippen molar-refractivity contribution in [1.29, 1.82) is 0 Å². The molecule has 0 saturated heterocycles. The number of hydrogen-bond acceptors (Lipinski definition) is 3. The van der Waals surface area contributed by atoms with Gasteiger partial charge in [-0.25, -0.2) is 4.98 Å². The number of para-hydroxylation sites is 3. The Morgan fingerprint density at radius 1 is 0.530 bits per heavy atom. The molecule has 0 bridgehead atoms. The summed E-state index contributed by atoms with van der Waals surface area (Å²) in [6, 6.07) is 67.5. The van der Waals surface area contributed by atoms with Gasteiger partial charge in [0.2, 0.25) is 0 Å². The van der Waals surface area contributed by atoms with E-state index in [0.29, 0.717) is 0 Å². The number of thiophene rings is 1. The number of nitrogens with zero attached hydrogens (tertiary/aromatic N) is 4. The lowest BCUT2D eigenvalue weighted by Gasteiger charge is -2.20. The first-order valence-electron chi connectivity index (χ1n) is 22.4. The number of fused-ring (bicyclic) bond motifs is 11. The van der Waals surface area contributed by atoms with Crippen LogP contribution in [-0.2, 0) is 5.41 Å². The molecule has 66 heavy (non-hydrogen) atoms. The zero-order chi connectivity index (χ0) is 44.1. The fourth-order valence-electron chi connectivity index (χ4n) is 10.1. The van der Waals surface area contributed by atoms with Gasteiger partial charge in [-0.15, -0.1) is 11.3 Å². The number of hydrogen-bond donors (Lipinski definition) is 0. The van der Waals surface area contributed by atoms with Gasteiger partial charge in [-0.05, 0) is 104 Å². The van der Waals surface area contributed by atoms with Gasteiger partial charge < -0.3 is 4.74 Å². The molecule has 1 aliphatic heterocycles. The second kappa shape index (κ2) is 14.7. The minimum atomic E-state index is -0.0153. The van der Waals surface area contributed by atoms with E-state index in [2.05, 4.69) is 234 Å². The molecule has 5 nitrogen and oxygen atoms in total. The van der Waals surface area contributed by atoms with Crippen molar-refractivity contribution in [3.05, 3.63) is 212 Å². The number of benzene rings is 8. The topological polar surface area (TPSA) is 35.9 Å². The molecule has 0 aliphatic carbocycles. The van der Waals surface area contributed by atoms with Crippen LogP contribution in [0.5, 0.6) is 11.5 Å². The minimum absolute atomic E-state index is 0.0153. The van der Waals surface area contributed by atoms with Crippen LogP contribution in [-0.4, -0.2) is 14.1 Å². The maximum atomic E-state index is 6.84. The molecule has 0 spiro atoms. The Hall–Kier alpha value is -8.06. The van der Waals surface area contributed by atoms with Gasteiger partial charge in [0.25, 0.3) is 6.33 Å². The summed E-state index contributed by atoms with van der Waals surface area (Å²) in [7, 11) is 0. The summed E-state index contributed by atoms with van der Waals surface area (Å²) < 4.78 is 14.9. The molecule has 0 saturated carbocycles. The predicted molar refractivity (Wildman–Crippen MR) is 272 cm³/mol. The van der Waals surface area contributed by atoms with E-state index in [9.17, 15) is 0 Å². The highest BCUT2D eigenvalue weighted by Gasteiger charge is 2.27. The van der Waals surface area contributed by atoms with Crippen LogP contribution in [0.25, 0.3) is 105 Å². The summed E-state index contributed by atoms with van der Waals surface area (Å²) in [5.74, 6) is 2.41. The minimum Gasteiger partial charge on any atom is -0.457 e.